The van der Waals surface area contributed by atoms with Crippen LogP contribution in [0.25, 0.3) is 10.9 Å². The summed E-state index contributed by atoms with van der Waals surface area (Å²) in [6.45, 7) is 7.03. The molecule has 1 fully saturated rings. The molecule has 8 heteroatoms. The van der Waals surface area contributed by atoms with Gasteiger partial charge < -0.3 is 15.5 Å². The van der Waals surface area contributed by atoms with E-state index in [-0.39, 0.29) is 5.56 Å². The van der Waals surface area contributed by atoms with Gasteiger partial charge >= 0.3 is 6.09 Å². The van der Waals surface area contributed by atoms with Gasteiger partial charge in [-0.15, -0.1) is 0 Å². The summed E-state index contributed by atoms with van der Waals surface area (Å²) in [7, 11) is 0. The fourth-order valence-electron chi connectivity index (χ4n) is 2.83. The van der Waals surface area contributed by atoms with Crippen molar-refractivity contribution in [3.05, 3.63) is 28.6 Å². The number of fused-ring (bicyclic) bond motifs is 1. The largest absolute Gasteiger partial charge is 0.444 e. The maximum atomic E-state index is 12.5. The fourth-order valence-corrected chi connectivity index (χ4v) is 2.83. The van der Waals surface area contributed by atoms with E-state index in [9.17, 15) is 9.59 Å². The summed E-state index contributed by atoms with van der Waals surface area (Å²) in [5, 5.41) is 3.06. The smallest absolute Gasteiger partial charge is 0.412 e. The van der Waals surface area contributed by atoms with Gasteiger partial charge in [-0.25, -0.2) is 9.78 Å². The van der Waals surface area contributed by atoms with E-state index in [0.717, 1.165) is 30.6 Å². The second-order valence-corrected chi connectivity index (χ2v) is 7.14. The Morgan fingerprint density at radius 2 is 1.96 bits per heavy atom. The maximum absolute atomic E-state index is 12.5. The van der Waals surface area contributed by atoms with Crippen molar-refractivity contribution in [2.24, 2.45) is 0 Å². The molecule has 0 radical (unpaired) electrons. The van der Waals surface area contributed by atoms with E-state index in [4.69, 9.17) is 10.6 Å². The molecule has 3 rings (SSSR count). The molecule has 1 aliphatic rings. The summed E-state index contributed by atoms with van der Waals surface area (Å²) < 4.78 is 6.33. The van der Waals surface area contributed by atoms with Crippen molar-refractivity contribution >= 4 is 28.6 Å². The maximum Gasteiger partial charge on any atom is 0.412 e. The molecule has 2 heterocycles. The van der Waals surface area contributed by atoms with Crippen molar-refractivity contribution in [3.8, 4) is 0 Å². The third-order valence-electron chi connectivity index (χ3n) is 3.92. The Labute approximate surface area is 145 Å². The molecule has 0 saturated carbocycles. The van der Waals surface area contributed by atoms with Gasteiger partial charge in [-0.3, -0.25) is 10.1 Å². The Morgan fingerprint density at radius 1 is 1.28 bits per heavy atom. The second kappa shape index (κ2) is 6.27. The van der Waals surface area contributed by atoms with Crippen LogP contribution < -0.4 is 21.6 Å². The number of benzene rings is 1. The van der Waals surface area contributed by atoms with Crippen molar-refractivity contribution in [1.29, 1.82) is 0 Å². The zero-order valence-corrected chi connectivity index (χ0v) is 14.7. The minimum absolute atomic E-state index is 0.310. The van der Waals surface area contributed by atoms with Crippen molar-refractivity contribution in [3.63, 3.8) is 0 Å². The number of hydrogen-bond donors (Lipinski definition) is 2. The summed E-state index contributed by atoms with van der Waals surface area (Å²) in [6, 6.07) is 4.89. The van der Waals surface area contributed by atoms with E-state index in [2.05, 4.69) is 10.3 Å². The van der Waals surface area contributed by atoms with E-state index >= 15 is 0 Å². The number of nitrogens with zero attached hydrogens (tertiary/aromatic N) is 3. The standard InChI is InChI=1S/C17H23N5O3/c1-17(2,3)25-16(24)19-11-6-7-12-13(10-11)20-15(22(18)14(12)23)21-8-4-5-9-21/h6-7,10H,4-5,8-9,18H2,1-3H3,(H,19,24). The number of rotatable bonds is 2. The topological polar surface area (TPSA) is 102 Å². The third kappa shape index (κ3) is 3.67. The molecule has 1 aromatic heterocycles. The Hall–Kier alpha value is -2.77. The molecule has 3 N–H and O–H groups in total. The summed E-state index contributed by atoms with van der Waals surface area (Å²) in [4.78, 5) is 30.9. The van der Waals surface area contributed by atoms with Crippen LogP contribution in [0.4, 0.5) is 16.4 Å². The quantitative estimate of drug-likeness (QED) is 0.808. The number of carbonyl (C=O) groups excluding carboxylic acids is 1. The highest BCUT2D eigenvalue weighted by Gasteiger charge is 2.20. The number of hydrogen-bond acceptors (Lipinski definition) is 6. The van der Waals surface area contributed by atoms with Gasteiger partial charge in [0.25, 0.3) is 5.56 Å². The highest BCUT2D eigenvalue weighted by Crippen LogP contribution is 2.21. The average molecular weight is 345 g/mol. The Morgan fingerprint density at radius 3 is 2.60 bits per heavy atom. The first-order valence-electron chi connectivity index (χ1n) is 8.31. The molecule has 0 aliphatic carbocycles. The molecule has 0 atom stereocenters. The van der Waals surface area contributed by atoms with Crippen molar-refractivity contribution in [1.82, 2.24) is 9.66 Å². The van der Waals surface area contributed by atoms with Crippen LogP contribution in [-0.4, -0.2) is 34.4 Å². The summed E-state index contributed by atoms with van der Waals surface area (Å²) in [5.74, 6) is 6.38. The zero-order chi connectivity index (χ0) is 18.2. The second-order valence-electron chi connectivity index (χ2n) is 7.14. The van der Waals surface area contributed by atoms with Crippen LogP contribution in [0.2, 0.25) is 0 Å². The molecule has 1 aliphatic heterocycles. The number of carbonyl (C=O) groups is 1. The number of amides is 1. The van der Waals surface area contributed by atoms with Gasteiger partial charge in [0.1, 0.15) is 5.60 Å². The molecule has 25 heavy (non-hydrogen) atoms. The molecule has 0 spiro atoms. The Bertz CT molecular complexity index is 863. The first-order valence-corrected chi connectivity index (χ1v) is 8.31. The van der Waals surface area contributed by atoms with Crippen molar-refractivity contribution in [2.45, 2.75) is 39.2 Å². The highest BCUT2D eigenvalue weighted by molar-refractivity contribution is 5.89. The van der Waals surface area contributed by atoms with E-state index in [1.54, 1.807) is 39.0 Å². The molecular weight excluding hydrogens is 322 g/mol. The van der Waals surface area contributed by atoms with Crippen LogP contribution in [0, 0.1) is 0 Å². The van der Waals surface area contributed by atoms with Gasteiger partial charge in [-0.1, -0.05) is 0 Å². The zero-order valence-electron chi connectivity index (χ0n) is 14.7. The predicted molar refractivity (Wildman–Crippen MR) is 97.5 cm³/mol. The highest BCUT2D eigenvalue weighted by atomic mass is 16.6. The van der Waals surface area contributed by atoms with Crippen molar-refractivity contribution < 1.29 is 9.53 Å². The fraction of sp³-hybridized carbons (Fsp3) is 0.471. The first-order chi connectivity index (χ1) is 11.7. The Kier molecular flexibility index (Phi) is 4.28. The summed E-state index contributed by atoms with van der Waals surface area (Å²) in [6.07, 6.45) is 1.54. The molecule has 0 bridgehead atoms. The number of anilines is 2. The van der Waals surface area contributed by atoms with E-state index in [1.807, 2.05) is 4.90 Å². The normalized spacial score (nSPS) is 14.8. The van der Waals surface area contributed by atoms with Crippen LogP contribution in [0.3, 0.4) is 0 Å². The molecule has 8 nitrogen and oxygen atoms in total. The number of nitrogens with one attached hydrogen (secondary N) is 1. The molecular formula is C17H23N5O3. The third-order valence-corrected chi connectivity index (χ3v) is 3.92. The molecule has 2 aromatic rings. The van der Waals surface area contributed by atoms with E-state index in [1.165, 1.54) is 0 Å². The lowest BCUT2D eigenvalue weighted by Crippen LogP contribution is -2.35. The minimum Gasteiger partial charge on any atom is -0.444 e. The lowest BCUT2D eigenvalue weighted by Gasteiger charge is -2.20. The molecule has 134 valence electrons. The number of nitrogens with two attached hydrogens (primary N) is 1. The summed E-state index contributed by atoms with van der Waals surface area (Å²) >= 11 is 0. The van der Waals surface area contributed by atoms with Crippen molar-refractivity contribution in [2.75, 3.05) is 29.1 Å². The van der Waals surface area contributed by atoms with Gasteiger partial charge in [0.05, 0.1) is 10.9 Å². The van der Waals surface area contributed by atoms with E-state index < -0.39 is 11.7 Å². The predicted octanol–water partition coefficient (Wildman–Crippen LogP) is 2.06. The number of nitrogen functional groups attached to an aromatic ring is 1. The van der Waals surface area contributed by atoms with Gasteiger partial charge in [0, 0.05) is 18.8 Å². The SMILES string of the molecule is CC(C)(C)OC(=O)Nc1ccc2c(=O)n(N)c(N3CCCC3)nc2c1. The average Bonchev–Trinajstić information content (AvgIpc) is 3.03. The van der Waals surface area contributed by atoms with E-state index in [0.29, 0.717) is 22.5 Å². The molecule has 0 unspecified atom stereocenters. The molecule has 1 saturated heterocycles. The van der Waals surface area contributed by atoms with Gasteiger partial charge in [-0.2, -0.15) is 4.68 Å². The van der Waals surface area contributed by atoms with Crippen LogP contribution in [0.5, 0.6) is 0 Å². The molecule has 1 amide bonds. The first kappa shape index (κ1) is 17.1. The van der Waals surface area contributed by atoms with Gasteiger partial charge in [-0.05, 0) is 51.8 Å². The van der Waals surface area contributed by atoms with Gasteiger partial charge in [0.15, 0.2) is 0 Å². The van der Waals surface area contributed by atoms with Crippen LogP contribution in [0.1, 0.15) is 33.6 Å². The lowest BCUT2D eigenvalue weighted by molar-refractivity contribution is 0.0636. The number of ether oxygens (including phenoxy) is 1. The minimum atomic E-state index is -0.588. The number of aromatic nitrogens is 2. The summed E-state index contributed by atoms with van der Waals surface area (Å²) in [5.41, 5.74) is 0.101. The van der Waals surface area contributed by atoms with Crippen LogP contribution in [0.15, 0.2) is 23.0 Å². The molecule has 1 aromatic carbocycles. The monoisotopic (exact) mass is 345 g/mol. The van der Waals surface area contributed by atoms with Crippen LogP contribution >= 0.6 is 0 Å². The van der Waals surface area contributed by atoms with Gasteiger partial charge in [0.2, 0.25) is 5.95 Å². The van der Waals surface area contributed by atoms with Crippen LogP contribution in [-0.2, 0) is 4.74 Å². The Balaban J connectivity index is 1.95. The lowest BCUT2D eigenvalue weighted by atomic mass is 10.2.